The van der Waals surface area contributed by atoms with Crippen molar-refractivity contribution in [1.29, 1.82) is 0 Å². The van der Waals surface area contributed by atoms with Crippen LogP contribution in [0.4, 0.5) is 8.78 Å². The number of aromatic nitrogens is 2. The SMILES string of the molecule is Cc1nn(-c2ccc(F)cc2F)c(C)c1CN1C[C@@H](C)[C@H](C(N)=O)C1. The molecule has 25 heavy (non-hydrogen) atoms. The number of nitrogens with zero attached hydrogens (tertiary/aromatic N) is 3. The molecule has 2 N–H and O–H groups in total. The largest absolute Gasteiger partial charge is 0.369 e. The van der Waals surface area contributed by atoms with E-state index in [1.807, 2.05) is 20.8 Å². The summed E-state index contributed by atoms with van der Waals surface area (Å²) >= 11 is 0. The molecule has 1 fully saturated rings. The number of hydrogen-bond acceptors (Lipinski definition) is 3. The van der Waals surface area contributed by atoms with E-state index < -0.39 is 11.6 Å². The Morgan fingerprint density at radius 3 is 2.64 bits per heavy atom. The third kappa shape index (κ3) is 3.28. The Bertz CT molecular complexity index is 818. The van der Waals surface area contributed by atoms with E-state index in [4.69, 9.17) is 5.73 Å². The van der Waals surface area contributed by atoms with Crippen molar-refractivity contribution < 1.29 is 13.6 Å². The Labute approximate surface area is 145 Å². The summed E-state index contributed by atoms with van der Waals surface area (Å²) in [6.07, 6.45) is 0. The number of halogens is 2. The van der Waals surface area contributed by atoms with E-state index in [0.717, 1.165) is 29.6 Å². The highest BCUT2D eigenvalue weighted by atomic mass is 19.1. The molecule has 0 radical (unpaired) electrons. The van der Waals surface area contributed by atoms with Gasteiger partial charge in [0.25, 0.3) is 0 Å². The van der Waals surface area contributed by atoms with E-state index in [0.29, 0.717) is 13.1 Å². The van der Waals surface area contributed by atoms with Crippen molar-refractivity contribution in [2.45, 2.75) is 27.3 Å². The van der Waals surface area contributed by atoms with Crippen molar-refractivity contribution in [2.75, 3.05) is 13.1 Å². The number of carbonyl (C=O) groups excluding carboxylic acids is 1. The van der Waals surface area contributed by atoms with Crippen LogP contribution < -0.4 is 5.73 Å². The van der Waals surface area contributed by atoms with Crippen molar-refractivity contribution in [2.24, 2.45) is 17.6 Å². The number of carbonyl (C=O) groups is 1. The number of primary amides is 1. The summed E-state index contributed by atoms with van der Waals surface area (Å²) in [5.41, 5.74) is 8.26. The molecule has 1 aromatic carbocycles. The quantitative estimate of drug-likeness (QED) is 0.922. The predicted octanol–water partition coefficient (Wildman–Crippen LogP) is 2.32. The van der Waals surface area contributed by atoms with E-state index in [1.165, 1.54) is 16.8 Å². The van der Waals surface area contributed by atoms with Crippen molar-refractivity contribution in [3.8, 4) is 5.69 Å². The van der Waals surface area contributed by atoms with Crippen molar-refractivity contribution >= 4 is 5.91 Å². The zero-order chi connectivity index (χ0) is 18.3. The Morgan fingerprint density at radius 1 is 1.32 bits per heavy atom. The monoisotopic (exact) mass is 348 g/mol. The lowest BCUT2D eigenvalue weighted by atomic mass is 9.98. The van der Waals surface area contributed by atoms with Gasteiger partial charge in [0.1, 0.15) is 11.5 Å². The van der Waals surface area contributed by atoms with Crippen molar-refractivity contribution in [3.05, 3.63) is 46.8 Å². The van der Waals surface area contributed by atoms with Crippen LogP contribution in [0.25, 0.3) is 5.69 Å². The summed E-state index contributed by atoms with van der Waals surface area (Å²) in [4.78, 5) is 13.7. The minimum atomic E-state index is -0.652. The van der Waals surface area contributed by atoms with Crippen LogP contribution in [0.3, 0.4) is 0 Å². The molecule has 2 heterocycles. The molecule has 1 aromatic heterocycles. The molecule has 2 atom stereocenters. The van der Waals surface area contributed by atoms with Gasteiger partial charge in [-0.15, -0.1) is 0 Å². The van der Waals surface area contributed by atoms with E-state index >= 15 is 0 Å². The second-order valence-electron chi connectivity index (χ2n) is 6.84. The van der Waals surface area contributed by atoms with Crippen LogP contribution in [0.15, 0.2) is 18.2 Å². The zero-order valence-corrected chi connectivity index (χ0v) is 14.6. The Hall–Kier alpha value is -2.28. The summed E-state index contributed by atoms with van der Waals surface area (Å²) in [5, 5.41) is 4.42. The van der Waals surface area contributed by atoms with Gasteiger partial charge in [0.15, 0.2) is 5.82 Å². The molecule has 0 spiro atoms. The molecule has 0 bridgehead atoms. The number of likely N-dealkylation sites (tertiary alicyclic amines) is 1. The van der Waals surface area contributed by atoms with Gasteiger partial charge in [-0.3, -0.25) is 9.69 Å². The molecule has 1 aliphatic rings. The van der Waals surface area contributed by atoms with Gasteiger partial charge in [0, 0.05) is 37.0 Å². The number of benzene rings is 1. The molecule has 7 heteroatoms. The van der Waals surface area contributed by atoms with Crippen LogP contribution in [0.5, 0.6) is 0 Å². The first kappa shape index (κ1) is 17.5. The van der Waals surface area contributed by atoms with Gasteiger partial charge < -0.3 is 5.73 Å². The molecular formula is C18H22F2N4O. The normalized spacial score (nSPS) is 21.0. The maximum Gasteiger partial charge on any atom is 0.222 e. The molecule has 0 unspecified atom stereocenters. The molecule has 0 aliphatic carbocycles. The average Bonchev–Trinajstić information content (AvgIpc) is 3.02. The minimum Gasteiger partial charge on any atom is -0.369 e. The lowest BCUT2D eigenvalue weighted by molar-refractivity contribution is -0.122. The van der Waals surface area contributed by atoms with Crippen LogP contribution in [-0.2, 0) is 11.3 Å². The van der Waals surface area contributed by atoms with Gasteiger partial charge in [0.2, 0.25) is 5.91 Å². The molecular weight excluding hydrogens is 326 g/mol. The lowest BCUT2D eigenvalue weighted by Crippen LogP contribution is -2.29. The minimum absolute atomic E-state index is 0.148. The van der Waals surface area contributed by atoms with Crippen LogP contribution in [0, 0.1) is 37.3 Å². The smallest absolute Gasteiger partial charge is 0.222 e. The molecule has 134 valence electrons. The van der Waals surface area contributed by atoms with Gasteiger partial charge in [-0.2, -0.15) is 5.10 Å². The van der Waals surface area contributed by atoms with E-state index in [-0.39, 0.29) is 23.4 Å². The summed E-state index contributed by atoms with van der Waals surface area (Å²) in [6, 6.07) is 3.45. The molecule has 0 saturated carbocycles. The third-order valence-corrected chi connectivity index (χ3v) is 5.01. The maximum absolute atomic E-state index is 14.1. The van der Waals surface area contributed by atoms with E-state index in [1.54, 1.807) is 0 Å². The maximum atomic E-state index is 14.1. The Morgan fingerprint density at radius 2 is 2.04 bits per heavy atom. The molecule has 1 aliphatic heterocycles. The standard InChI is InChI=1S/C18H22F2N4O/c1-10-7-23(8-14(10)18(21)25)9-15-11(2)22-24(12(15)3)17-5-4-13(19)6-16(17)20/h4-6,10,14H,7-9H2,1-3H3,(H2,21,25)/t10-,14-/m1/s1. The second-order valence-corrected chi connectivity index (χ2v) is 6.84. The lowest BCUT2D eigenvalue weighted by Gasteiger charge is -2.16. The fraction of sp³-hybridized carbons (Fsp3) is 0.444. The fourth-order valence-electron chi connectivity index (χ4n) is 3.58. The zero-order valence-electron chi connectivity index (χ0n) is 14.6. The van der Waals surface area contributed by atoms with Gasteiger partial charge >= 0.3 is 0 Å². The number of hydrogen-bond donors (Lipinski definition) is 1. The summed E-state index contributed by atoms with van der Waals surface area (Å²) < 4.78 is 28.7. The summed E-state index contributed by atoms with van der Waals surface area (Å²) in [7, 11) is 0. The van der Waals surface area contributed by atoms with Gasteiger partial charge in [0.05, 0.1) is 11.6 Å². The number of aryl methyl sites for hydroxylation is 1. The summed E-state index contributed by atoms with van der Waals surface area (Å²) in [6.45, 7) is 7.77. The van der Waals surface area contributed by atoms with Gasteiger partial charge in [-0.05, 0) is 31.9 Å². The molecule has 1 amide bonds. The highest BCUT2D eigenvalue weighted by molar-refractivity contribution is 5.77. The van der Waals surface area contributed by atoms with Crippen LogP contribution in [0.1, 0.15) is 23.9 Å². The van der Waals surface area contributed by atoms with Crippen LogP contribution in [0.2, 0.25) is 0 Å². The Balaban J connectivity index is 1.87. The first-order valence-electron chi connectivity index (χ1n) is 8.30. The van der Waals surface area contributed by atoms with Crippen LogP contribution in [-0.4, -0.2) is 33.7 Å². The van der Waals surface area contributed by atoms with E-state index in [9.17, 15) is 13.6 Å². The van der Waals surface area contributed by atoms with E-state index in [2.05, 4.69) is 10.00 Å². The van der Waals surface area contributed by atoms with Crippen molar-refractivity contribution in [3.63, 3.8) is 0 Å². The fourth-order valence-corrected chi connectivity index (χ4v) is 3.58. The molecule has 2 aromatic rings. The third-order valence-electron chi connectivity index (χ3n) is 5.01. The second kappa shape index (κ2) is 6.55. The number of nitrogens with two attached hydrogens (primary N) is 1. The first-order chi connectivity index (χ1) is 11.8. The number of rotatable bonds is 4. The summed E-state index contributed by atoms with van der Waals surface area (Å²) in [5.74, 6) is -1.48. The van der Waals surface area contributed by atoms with Gasteiger partial charge in [-0.1, -0.05) is 6.92 Å². The molecule has 5 nitrogen and oxygen atoms in total. The molecule has 1 saturated heterocycles. The predicted molar refractivity (Wildman–Crippen MR) is 90.1 cm³/mol. The average molecular weight is 348 g/mol. The topological polar surface area (TPSA) is 64.2 Å². The number of amides is 1. The molecule has 3 rings (SSSR count). The van der Waals surface area contributed by atoms with Crippen molar-refractivity contribution in [1.82, 2.24) is 14.7 Å². The highest BCUT2D eigenvalue weighted by Crippen LogP contribution is 2.27. The van der Waals surface area contributed by atoms with Gasteiger partial charge in [-0.25, -0.2) is 13.5 Å². The highest BCUT2D eigenvalue weighted by Gasteiger charge is 2.34. The first-order valence-corrected chi connectivity index (χ1v) is 8.30. The van der Waals surface area contributed by atoms with Crippen LogP contribution >= 0.6 is 0 Å². The Kier molecular flexibility index (Phi) is 4.60.